The second-order valence-corrected chi connectivity index (χ2v) is 5.17. The molecule has 3 rings (SSSR count). The van der Waals surface area contributed by atoms with Gasteiger partial charge in [0.25, 0.3) is 0 Å². The van der Waals surface area contributed by atoms with E-state index in [9.17, 15) is 0 Å². The molecule has 5 heteroatoms. The summed E-state index contributed by atoms with van der Waals surface area (Å²) >= 11 is 0. The smallest absolute Gasteiger partial charge is 0.136 e. The molecule has 0 spiro atoms. The van der Waals surface area contributed by atoms with Gasteiger partial charge in [0.1, 0.15) is 11.6 Å². The third-order valence-electron chi connectivity index (χ3n) is 3.90. The Morgan fingerprint density at radius 3 is 3.10 bits per heavy atom. The van der Waals surface area contributed by atoms with Crippen molar-refractivity contribution in [3.05, 3.63) is 30.5 Å². The number of nitrogens with one attached hydrogen (secondary N) is 1. The number of ether oxygens (including phenoxy) is 2. The summed E-state index contributed by atoms with van der Waals surface area (Å²) in [5.74, 6) is 1.89. The molecule has 0 saturated carbocycles. The highest BCUT2D eigenvalue weighted by atomic mass is 16.5. The number of hydrogen-bond acceptors (Lipinski definition) is 5. The first kappa shape index (κ1) is 14.1. The molecule has 1 aliphatic heterocycles. The van der Waals surface area contributed by atoms with Crippen molar-refractivity contribution in [2.45, 2.75) is 6.04 Å². The Hall–Kier alpha value is -1.85. The minimum absolute atomic E-state index is 0.299. The Kier molecular flexibility index (Phi) is 4.22. The average molecular weight is 287 g/mol. The van der Waals surface area contributed by atoms with Gasteiger partial charge in [0.15, 0.2) is 0 Å². The van der Waals surface area contributed by atoms with E-state index < -0.39 is 0 Å². The van der Waals surface area contributed by atoms with Gasteiger partial charge in [-0.3, -0.25) is 0 Å². The summed E-state index contributed by atoms with van der Waals surface area (Å²) in [6.07, 6.45) is 1.85. The number of fused-ring (bicyclic) bond motifs is 1. The standard InChI is InChI=1S/C16H21N3O2/c1-17-10-12-11-21-9-8-19(12)16-14-4-3-5-15(20-2)13(14)6-7-18-16/h3-7,12,17H,8-11H2,1-2H3. The van der Waals surface area contributed by atoms with E-state index in [4.69, 9.17) is 9.47 Å². The van der Waals surface area contributed by atoms with Gasteiger partial charge in [0.2, 0.25) is 0 Å². The number of nitrogens with zero attached hydrogens (tertiary/aromatic N) is 2. The number of benzene rings is 1. The zero-order chi connectivity index (χ0) is 14.7. The van der Waals surface area contributed by atoms with Gasteiger partial charge in [0.05, 0.1) is 26.4 Å². The van der Waals surface area contributed by atoms with E-state index in [1.807, 2.05) is 31.4 Å². The first-order chi connectivity index (χ1) is 10.3. The summed E-state index contributed by atoms with van der Waals surface area (Å²) in [6, 6.07) is 8.40. The van der Waals surface area contributed by atoms with E-state index in [-0.39, 0.29) is 0 Å². The van der Waals surface area contributed by atoms with Crippen molar-refractivity contribution < 1.29 is 9.47 Å². The van der Waals surface area contributed by atoms with Crippen LogP contribution in [0.4, 0.5) is 5.82 Å². The number of likely N-dealkylation sites (N-methyl/N-ethyl adjacent to an activating group) is 1. The van der Waals surface area contributed by atoms with Crippen LogP contribution < -0.4 is 15.0 Å². The maximum absolute atomic E-state index is 5.61. The van der Waals surface area contributed by atoms with E-state index in [1.165, 1.54) is 0 Å². The predicted octanol–water partition coefficient (Wildman–Crippen LogP) is 1.67. The minimum atomic E-state index is 0.299. The summed E-state index contributed by atoms with van der Waals surface area (Å²) < 4.78 is 11.1. The topological polar surface area (TPSA) is 46.6 Å². The molecule has 2 aromatic rings. The zero-order valence-electron chi connectivity index (χ0n) is 12.5. The molecule has 0 radical (unpaired) electrons. The van der Waals surface area contributed by atoms with E-state index >= 15 is 0 Å². The largest absolute Gasteiger partial charge is 0.496 e. The first-order valence-corrected chi connectivity index (χ1v) is 7.26. The molecule has 2 heterocycles. The number of aromatic nitrogens is 1. The first-order valence-electron chi connectivity index (χ1n) is 7.26. The molecule has 1 aromatic carbocycles. The van der Waals surface area contributed by atoms with Crippen molar-refractivity contribution in [3.63, 3.8) is 0 Å². The summed E-state index contributed by atoms with van der Waals surface area (Å²) in [4.78, 5) is 6.96. The van der Waals surface area contributed by atoms with Gasteiger partial charge in [-0.1, -0.05) is 12.1 Å². The number of anilines is 1. The predicted molar refractivity (Wildman–Crippen MR) is 84.2 cm³/mol. The maximum Gasteiger partial charge on any atom is 0.136 e. The second-order valence-electron chi connectivity index (χ2n) is 5.17. The number of morpholine rings is 1. The van der Waals surface area contributed by atoms with Gasteiger partial charge in [0, 0.05) is 30.1 Å². The molecule has 0 aliphatic carbocycles. The molecule has 1 unspecified atom stereocenters. The maximum atomic E-state index is 5.61. The summed E-state index contributed by atoms with van der Waals surface area (Å²) in [5.41, 5.74) is 0. The van der Waals surface area contributed by atoms with Crippen molar-refractivity contribution in [3.8, 4) is 5.75 Å². The van der Waals surface area contributed by atoms with Crippen molar-refractivity contribution in [1.29, 1.82) is 0 Å². The van der Waals surface area contributed by atoms with Gasteiger partial charge in [-0.2, -0.15) is 0 Å². The van der Waals surface area contributed by atoms with Crippen LogP contribution in [0.25, 0.3) is 10.8 Å². The molecule has 5 nitrogen and oxygen atoms in total. The van der Waals surface area contributed by atoms with Crippen LogP contribution in [0.2, 0.25) is 0 Å². The molecular weight excluding hydrogens is 266 g/mol. The summed E-state index contributed by atoms with van der Waals surface area (Å²) in [6.45, 7) is 3.20. The van der Waals surface area contributed by atoms with Gasteiger partial charge in [-0.05, 0) is 19.2 Å². The molecule has 1 atom stereocenters. The van der Waals surface area contributed by atoms with Crippen LogP contribution in [0.1, 0.15) is 0 Å². The SMILES string of the molecule is CNCC1COCCN1c1nccc2c(OC)cccc12. The third-order valence-corrected chi connectivity index (χ3v) is 3.90. The zero-order valence-corrected chi connectivity index (χ0v) is 12.5. The number of hydrogen-bond donors (Lipinski definition) is 1. The molecule has 0 bridgehead atoms. The van der Waals surface area contributed by atoms with E-state index in [0.29, 0.717) is 6.04 Å². The quantitative estimate of drug-likeness (QED) is 0.927. The fourth-order valence-corrected chi connectivity index (χ4v) is 2.91. The Labute approximate surface area is 124 Å². The Morgan fingerprint density at radius 1 is 1.38 bits per heavy atom. The lowest BCUT2D eigenvalue weighted by molar-refractivity contribution is 0.0941. The molecule has 1 aromatic heterocycles. The second kappa shape index (κ2) is 6.28. The Bertz CT molecular complexity index is 615. The van der Waals surface area contributed by atoms with Crippen molar-refractivity contribution >= 4 is 16.6 Å². The van der Waals surface area contributed by atoms with Gasteiger partial charge < -0.3 is 19.7 Å². The molecular formula is C16H21N3O2. The molecule has 21 heavy (non-hydrogen) atoms. The number of methoxy groups -OCH3 is 1. The summed E-state index contributed by atoms with van der Waals surface area (Å²) in [5, 5.41) is 5.46. The third kappa shape index (κ3) is 2.66. The van der Waals surface area contributed by atoms with Crippen LogP contribution in [0.5, 0.6) is 5.75 Å². The lowest BCUT2D eigenvalue weighted by atomic mass is 10.1. The Morgan fingerprint density at radius 2 is 2.29 bits per heavy atom. The highest BCUT2D eigenvalue weighted by Gasteiger charge is 2.25. The van der Waals surface area contributed by atoms with E-state index in [0.717, 1.165) is 48.6 Å². The van der Waals surface area contributed by atoms with Gasteiger partial charge >= 0.3 is 0 Å². The minimum Gasteiger partial charge on any atom is -0.496 e. The number of rotatable bonds is 4. The van der Waals surface area contributed by atoms with Crippen molar-refractivity contribution in [2.75, 3.05) is 45.4 Å². The fourth-order valence-electron chi connectivity index (χ4n) is 2.91. The van der Waals surface area contributed by atoms with Crippen LogP contribution in [0.3, 0.4) is 0 Å². The van der Waals surface area contributed by atoms with Crippen LogP contribution in [-0.4, -0.2) is 51.5 Å². The normalized spacial score (nSPS) is 19.0. The fraction of sp³-hybridized carbons (Fsp3) is 0.438. The monoisotopic (exact) mass is 287 g/mol. The summed E-state index contributed by atoms with van der Waals surface area (Å²) in [7, 11) is 3.67. The molecule has 112 valence electrons. The van der Waals surface area contributed by atoms with Crippen LogP contribution in [0, 0.1) is 0 Å². The van der Waals surface area contributed by atoms with E-state index in [2.05, 4.69) is 21.3 Å². The Balaban J connectivity index is 2.06. The van der Waals surface area contributed by atoms with E-state index in [1.54, 1.807) is 7.11 Å². The van der Waals surface area contributed by atoms with Crippen molar-refractivity contribution in [1.82, 2.24) is 10.3 Å². The lowest BCUT2D eigenvalue weighted by Crippen LogP contribution is -2.50. The van der Waals surface area contributed by atoms with Gasteiger partial charge in [-0.15, -0.1) is 0 Å². The van der Waals surface area contributed by atoms with Crippen molar-refractivity contribution in [2.24, 2.45) is 0 Å². The molecule has 1 fully saturated rings. The highest BCUT2D eigenvalue weighted by Crippen LogP contribution is 2.32. The van der Waals surface area contributed by atoms with Crippen LogP contribution in [0.15, 0.2) is 30.5 Å². The molecule has 1 N–H and O–H groups in total. The molecule has 1 aliphatic rings. The lowest BCUT2D eigenvalue weighted by Gasteiger charge is -2.37. The number of pyridine rings is 1. The molecule has 0 amide bonds. The average Bonchev–Trinajstić information content (AvgIpc) is 2.54. The van der Waals surface area contributed by atoms with Crippen LogP contribution >= 0.6 is 0 Å². The molecule has 1 saturated heterocycles. The van der Waals surface area contributed by atoms with Gasteiger partial charge in [-0.25, -0.2) is 4.98 Å². The highest BCUT2D eigenvalue weighted by molar-refractivity contribution is 5.96. The van der Waals surface area contributed by atoms with Crippen LogP contribution in [-0.2, 0) is 4.74 Å².